The Bertz CT molecular complexity index is 365. The fraction of sp³-hybridized carbons (Fsp3) is 0.533. The predicted octanol–water partition coefficient (Wildman–Crippen LogP) is 5.09. The number of thioether (sulfide) groups is 1. The Morgan fingerprint density at radius 1 is 1.05 bits per heavy atom. The predicted molar refractivity (Wildman–Crippen MR) is 87.2 cm³/mol. The Labute approximate surface area is 127 Å². The number of rotatable bonds is 8. The molecule has 1 aromatic rings. The Morgan fingerprint density at radius 2 is 1.58 bits per heavy atom. The minimum absolute atomic E-state index is 0. The smallest absolute Gasteiger partial charge is 0.138 e. The van der Waals surface area contributed by atoms with Crippen molar-refractivity contribution in [3.05, 3.63) is 24.3 Å². The van der Waals surface area contributed by atoms with Gasteiger partial charge in [-0.1, -0.05) is 26.7 Å². The molecule has 0 saturated carbocycles. The lowest BCUT2D eigenvalue weighted by Crippen LogP contribution is -2.25. The molecule has 0 unspecified atom stereocenters. The maximum absolute atomic E-state index is 8.63. The van der Waals surface area contributed by atoms with Crippen molar-refractivity contribution < 1.29 is 0 Å². The number of benzene rings is 1. The van der Waals surface area contributed by atoms with E-state index in [2.05, 4.69) is 36.3 Å². The number of unbranched alkanes of at least 4 members (excludes halogenated alkanes) is 2. The van der Waals surface area contributed by atoms with Crippen LogP contribution in [0.1, 0.15) is 39.5 Å². The second-order valence-corrected chi connectivity index (χ2v) is 5.24. The van der Waals surface area contributed by atoms with Crippen molar-refractivity contribution in [3.8, 4) is 5.40 Å². The average Bonchev–Trinajstić information content (AvgIpc) is 2.41. The molecular weight excluding hydrogens is 276 g/mol. The summed E-state index contributed by atoms with van der Waals surface area (Å²) in [7, 11) is 0. The van der Waals surface area contributed by atoms with Gasteiger partial charge in [-0.15, -0.1) is 12.4 Å². The van der Waals surface area contributed by atoms with Crippen LogP contribution in [0.2, 0.25) is 0 Å². The minimum atomic E-state index is 0. The first-order valence-corrected chi connectivity index (χ1v) is 7.54. The number of nitrogens with zero attached hydrogens (tertiary/aromatic N) is 2. The van der Waals surface area contributed by atoms with E-state index in [4.69, 9.17) is 5.26 Å². The van der Waals surface area contributed by atoms with Gasteiger partial charge in [-0.05, 0) is 48.9 Å². The maximum atomic E-state index is 8.63. The average molecular weight is 299 g/mol. The zero-order valence-corrected chi connectivity index (χ0v) is 13.4. The van der Waals surface area contributed by atoms with Crippen LogP contribution in [0.4, 0.5) is 5.69 Å². The monoisotopic (exact) mass is 298 g/mol. The molecular formula is C15H23ClN2S. The molecule has 106 valence electrons. The zero-order valence-electron chi connectivity index (χ0n) is 11.8. The van der Waals surface area contributed by atoms with E-state index in [1.807, 2.05) is 12.1 Å². The zero-order chi connectivity index (χ0) is 13.2. The second kappa shape index (κ2) is 11.0. The molecule has 0 atom stereocenters. The second-order valence-electron chi connectivity index (χ2n) is 4.38. The normalized spacial score (nSPS) is 9.53. The van der Waals surface area contributed by atoms with Crippen LogP contribution in [0.3, 0.4) is 0 Å². The van der Waals surface area contributed by atoms with Crippen molar-refractivity contribution >= 4 is 29.9 Å². The summed E-state index contributed by atoms with van der Waals surface area (Å²) in [6.07, 6.45) is 4.92. The summed E-state index contributed by atoms with van der Waals surface area (Å²) in [5.41, 5.74) is 1.28. The summed E-state index contributed by atoms with van der Waals surface area (Å²) in [4.78, 5) is 3.47. The summed E-state index contributed by atoms with van der Waals surface area (Å²) in [5.74, 6) is 0. The molecule has 0 aromatic heterocycles. The topological polar surface area (TPSA) is 27.0 Å². The first-order valence-electron chi connectivity index (χ1n) is 6.72. The van der Waals surface area contributed by atoms with Gasteiger partial charge in [0.1, 0.15) is 5.40 Å². The van der Waals surface area contributed by atoms with E-state index in [-0.39, 0.29) is 12.4 Å². The van der Waals surface area contributed by atoms with Crippen LogP contribution >= 0.6 is 24.2 Å². The number of thiocyanates is 1. The van der Waals surface area contributed by atoms with Crippen molar-refractivity contribution in [2.45, 2.75) is 44.4 Å². The Kier molecular flexibility index (Phi) is 10.5. The molecule has 0 saturated heterocycles. The van der Waals surface area contributed by atoms with Crippen LogP contribution in [0.15, 0.2) is 29.2 Å². The van der Waals surface area contributed by atoms with Crippen LogP contribution < -0.4 is 4.90 Å². The highest BCUT2D eigenvalue weighted by Gasteiger charge is 2.05. The van der Waals surface area contributed by atoms with E-state index in [1.54, 1.807) is 0 Å². The molecule has 0 heterocycles. The van der Waals surface area contributed by atoms with Crippen LogP contribution in [0, 0.1) is 10.7 Å². The van der Waals surface area contributed by atoms with Gasteiger partial charge >= 0.3 is 0 Å². The van der Waals surface area contributed by atoms with Gasteiger partial charge in [-0.2, -0.15) is 5.26 Å². The summed E-state index contributed by atoms with van der Waals surface area (Å²) in [5, 5.41) is 10.7. The standard InChI is InChI=1S/C15H22N2S.ClH/c1-3-5-11-17(12-6-4-2)14-7-9-15(10-8-14)18-13-16;/h7-10H,3-6,11-12H2,1-2H3;1H. The number of anilines is 1. The number of hydrogen-bond acceptors (Lipinski definition) is 3. The molecule has 2 nitrogen and oxygen atoms in total. The molecule has 19 heavy (non-hydrogen) atoms. The van der Waals surface area contributed by atoms with E-state index in [1.165, 1.54) is 43.1 Å². The first kappa shape index (κ1) is 18.1. The molecule has 1 rings (SSSR count). The van der Waals surface area contributed by atoms with E-state index < -0.39 is 0 Å². The van der Waals surface area contributed by atoms with E-state index >= 15 is 0 Å². The van der Waals surface area contributed by atoms with Gasteiger partial charge < -0.3 is 4.90 Å². The number of halogens is 1. The molecule has 0 N–H and O–H groups in total. The van der Waals surface area contributed by atoms with Gasteiger partial charge in [0.05, 0.1) is 0 Å². The SMILES string of the molecule is CCCCN(CCCC)c1ccc(SC#N)cc1.Cl. The molecule has 0 bridgehead atoms. The lowest BCUT2D eigenvalue weighted by molar-refractivity contribution is 0.678. The third-order valence-electron chi connectivity index (χ3n) is 2.93. The Balaban J connectivity index is 0.00000324. The summed E-state index contributed by atoms with van der Waals surface area (Å²) in [6.45, 7) is 6.71. The molecule has 1 aromatic carbocycles. The first-order chi connectivity index (χ1) is 8.81. The molecule has 0 fully saturated rings. The third kappa shape index (κ3) is 6.75. The summed E-state index contributed by atoms with van der Waals surface area (Å²) in [6, 6.07) is 8.33. The van der Waals surface area contributed by atoms with Gasteiger partial charge in [0.15, 0.2) is 0 Å². The minimum Gasteiger partial charge on any atom is -0.372 e. The van der Waals surface area contributed by atoms with Crippen molar-refractivity contribution in [3.63, 3.8) is 0 Å². The van der Waals surface area contributed by atoms with Crippen molar-refractivity contribution in [1.29, 1.82) is 5.26 Å². The highest BCUT2D eigenvalue weighted by atomic mass is 35.5. The van der Waals surface area contributed by atoms with Crippen molar-refractivity contribution in [2.24, 2.45) is 0 Å². The van der Waals surface area contributed by atoms with E-state index in [9.17, 15) is 0 Å². The molecule has 0 radical (unpaired) electrons. The van der Waals surface area contributed by atoms with Gasteiger partial charge in [-0.25, -0.2) is 0 Å². The van der Waals surface area contributed by atoms with Gasteiger partial charge in [0.2, 0.25) is 0 Å². The maximum Gasteiger partial charge on any atom is 0.138 e. The highest BCUT2D eigenvalue weighted by Crippen LogP contribution is 2.22. The molecule has 0 aliphatic rings. The highest BCUT2D eigenvalue weighted by molar-refractivity contribution is 8.03. The van der Waals surface area contributed by atoms with Crippen molar-refractivity contribution in [2.75, 3.05) is 18.0 Å². The van der Waals surface area contributed by atoms with Crippen molar-refractivity contribution in [1.82, 2.24) is 0 Å². The lowest BCUT2D eigenvalue weighted by atomic mass is 10.2. The molecule has 4 heteroatoms. The number of hydrogen-bond donors (Lipinski definition) is 0. The van der Waals surface area contributed by atoms with Gasteiger partial charge in [0, 0.05) is 23.7 Å². The van der Waals surface area contributed by atoms with Gasteiger partial charge in [-0.3, -0.25) is 0 Å². The fourth-order valence-corrected chi connectivity index (χ4v) is 2.22. The fourth-order valence-electron chi connectivity index (χ4n) is 1.85. The van der Waals surface area contributed by atoms with Crippen LogP contribution in [0.25, 0.3) is 0 Å². The van der Waals surface area contributed by atoms with E-state index in [0.29, 0.717) is 0 Å². The third-order valence-corrected chi connectivity index (χ3v) is 3.53. The van der Waals surface area contributed by atoms with Gasteiger partial charge in [0.25, 0.3) is 0 Å². The van der Waals surface area contributed by atoms with Crippen LogP contribution in [0.5, 0.6) is 0 Å². The largest absolute Gasteiger partial charge is 0.372 e. The van der Waals surface area contributed by atoms with E-state index in [0.717, 1.165) is 18.0 Å². The summed E-state index contributed by atoms with van der Waals surface area (Å²) >= 11 is 1.22. The Morgan fingerprint density at radius 3 is 2.00 bits per heavy atom. The number of nitriles is 1. The molecule has 0 spiro atoms. The van der Waals surface area contributed by atoms with Crippen LogP contribution in [-0.2, 0) is 0 Å². The molecule has 0 amide bonds. The Hall–Kier alpha value is -0.850. The quantitative estimate of drug-likeness (QED) is 0.494. The molecule has 0 aliphatic carbocycles. The van der Waals surface area contributed by atoms with Crippen LogP contribution in [-0.4, -0.2) is 13.1 Å². The lowest BCUT2D eigenvalue weighted by Gasteiger charge is -2.24. The summed E-state index contributed by atoms with van der Waals surface area (Å²) < 4.78 is 0. The molecule has 0 aliphatic heterocycles.